The van der Waals surface area contributed by atoms with E-state index in [9.17, 15) is 15.0 Å². The first-order chi connectivity index (χ1) is 16.4. The van der Waals surface area contributed by atoms with E-state index in [1.807, 2.05) is 0 Å². The summed E-state index contributed by atoms with van der Waals surface area (Å²) < 4.78 is 5.48. The van der Waals surface area contributed by atoms with Gasteiger partial charge < -0.3 is 14.9 Å². The Morgan fingerprint density at radius 3 is 2.26 bits per heavy atom. The number of esters is 1. The van der Waals surface area contributed by atoms with Gasteiger partial charge in [0.2, 0.25) is 0 Å². The van der Waals surface area contributed by atoms with Crippen LogP contribution < -0.4 is 0 Å². The number of hydrogen-bond acceptors (Lipinski definition) is 4. The second kappa shape index (κ2) is 8.06. The molecule has 198 valence electrons. The van der Waals surface area contributed by atoms with Gasteiger partial charge in [-0.15, -0.1) is 0 Å². The van der Waals surface area contributed by atoms with Gasteiger partial charge in [0.1, 0.15) is 0 Å². The molecule has 5 aliphatic carbocycles. The van der Waals surface area contributed by atoms with Crippen LogP contribution in [0.15, 0.2) is 12.2 Å². The molecule has 4 nitrogen and oxygen atoms in total. The molecule has 0 saturated heterocycles. The summed E-state index contributed by atoms with van der Waals surface area (Å²) in [4.78, 5) is 13.4. The predicted molar refractivity (Wildman–Crippen MR) is 138 cm³/mol. The van der Waals surface area contributed by atoms with E-state index < -0.39 is 11.5 Å². The molecule has 0 spiro atoms. The van der Waals surface area contributed by atoms with Crippen LogP contribution >= 0.6 is 0 Å². The van der Waals surface area contributed by atoms with Gasteiger partial charge in [-0.05, 0) is 117 Å². The number of aliphatic hydroxyl groups excluding tert-OH is 2. The lowest BCUT2D eigenvalue weighted by molar-refractivity contribution is -0.254. The Kier molecular flexibility index (Phi) is 5.94. The first-order valence-corrected chi connectivity index (χ1v) is 14.4. The van der Waals surface area contributed by atoms with E-state index in [2.05, 4.69) is 41.2 Å². The molecule has 0 bridgehead atoms. The monoisotopic (exact) mass is 486 g/mol. The third-order valence-electron chi connectivity index (χ3n) is 13.8. The minimum absolute atomic E-state index is 0.0243. The molecule has 0 aromatic carbocycles. The summed E-state index contributed by atoms with van der Waals surface area (Å²) in [5, 5.41) is 21.4. The van der Waals surface area contributed by atoms with Gasteiger partial charge in [-0.3, -0.25) is 4.79 Å². The van der Waals surface area contributed by atoms with Crippen molar-refractivity contribution in [3.05, 3.63) is 12.2 Å². The van der Waals surface area contributed by atoms with Gasteiger partial charge in [-0.1, -0.05) is 39.8 Å². The number of allylic oxidation sites excluding steroid dienone is 1. The van der Waals surface area contributed by atoms with Crippen LogP contribution in [0.1, 0.15) is 98.8 Å². The molecule has 5 unspecified atom stereocenters. The van der Waals surface area contributed by atoms with E-state index in [4.69, 9.17) is 4.74 Å². The van der Waals surface area contributed by atoms with E-state index in [-0.39, 0.29) is 34.2 Å². The van der Waals surface area contributed by atoms with Crippen LogP contribution in [0, 0.1) is 56.7 Å². The maximum Gasteiger partial charge on any atom is 0.312 e. The highest BCUT2D eigenvalue weighted by Crippen LogP contribution is 2.77. The van der Waals surface area contributed by atoms with Crippen molar-refractivity contribution in [2.75, 3.05) is 13.7 Å². The van der Waals surface area contributed by atoms with Crippen molar-refractivity contribution in [1.82, 2.24) is 0 Å². The highest BCUT2D eigenvalue weighted by atomic mass is 16.5. The predicted octanol–water partition coefficient (Wildman–Crippen LogP) is 6.15. The summed E-state index contributed by atoms with van der Waals surface area (Å²) in [6.07, 6.45) is 10.1. The van der Waals surface area contributed by atoms with Crippen molar-refractivity contribution in [3.63, 3.8) is 0 Å². The van der Waals surface area contributed by atoms with Crippen molar-refractivity contribution in [1.29, 1.82) is 0 Å². The van der Waals surface area contributed by atoms with Crippen molar-refractivity contribution < 1.29 is 19.7 Å². The normalized spacial score (nSPS) is 55.2. The average Bonchev–Trinajstić information content (AvgIpc) is 3.23. The zero-order chi connectivity index (χ0) is 25.6. The Morgan fingerprint density at radius 1 is 0.914 bits per heavy atom. The maximum atomic E-state index is 13.4. The average molecular weight is 487 g/mol. The van der Waals surface area contributed by atoms with Gasteiger partial charge in [-0.2, -0.15) is 0 Å². The van der Waals surface area contributed by atoms with Crippen LogP contribution in [-0.4, -0.2) is 36.0 Å². The smallest absolute Gasteiger partial charge is 0.312 e. The summed E-state index contributed by atoms with van der Waals surface area (Å²) in [5.41, 5.74) is 1.01. The first-order valence-electron chi connectivity index (χ1n) is 14.4. The molecule has 5 rings (SSSR count). The highest BCUT2D eigenvalue weighted by Gasteiger charge is 2.72. The summed E-state index contributed by atoms with van der Waals surface area (Å²) >= 11 is 0. The fourth-order valence-corrected chi connectivity index (χ4v) is 11.7. The Labute approximate surface area is 213 Å². The first kappa shape index (κ1) is 25.8. The molecule has 0 heterocycles. The Morgan fingerprint density at radius 2 is 1.63 bits per heavy atom. The molecule has 4 heteroatoms. The quantitative estimate of drug-likeness (QED) is 0.371. The summed E-state index contributed by atoms with van der Waals surface area (Å²) in [7, 11) is 1.58. The third kappa shape index (κ3) is 3.02. The van der Waals surface area contributed by atoms with Crippen LogP contribution in [0.25, 0.3) is 0 Å². The molecule has 11 atom stereocenters. The zero-order valence-electron chi connectivity index (χ0n) is 23.2. The number of ether oxygens (including phenoxy) is 1. The lowest BCUT2D eigenvalue weighted by atomic mass is 9.32. The number of carbonyl (C=O) groups is 1. The topological polar surface area (TPSA) is 66.8 Å². The van der Waals surface area contributed by atoms with Crippen LogP contribution in [0.5, 0.6) is 0 Å². The van der Waals surface area contributed by atoms with Crippen molar-refractivity contribution in [2.24, 2.45) is 56.7 Å². The fourth-order valence-electron chi connectivity index (χ4n) is 11.7. The minimum Gasteiger partial charge on any atom is -0.469 e. The van der Waals surface area contributed by atoms with Gasteiger partial charge in [0.05, 0.1) is 25.2 Å². The molecule has 2 N–H and O–H groups in total. The van der Waals surface area contributed by atoms with Crippen molar-refractivity contribution in [3.8, 4) is 0 Å². The largest absolute Gasteiger partial charge is 0.469 e. The number of hydrogen-bond donors (Lipinski definition) is 2. The van der Waals surface area contributed by atoms with Crippen LogP contribution in [-0.2, 0) is 9.53 Å². The summed E-state index contributed by atoms with van der Waals surface area (Å²) in [5.74, 6) is 2.23. The molecule has 5 saturated carbocycles. The SMILES string of the molecule is C=C(C)C1CC[C@]2(C(=O)OC)CC[C@]3(C)C(CCC4[C@@]5(C)CC[C@H](O)[C@@](C)(CO)C5CC[C@]43C)C12. The van der Waals surface area contributed by atoms with Crippen LogP contribution in [0.4, 0.5) is 0 Å². The number of methoxy groups -OCH3 is 1. The molecule has 35 heavy (non-hydrogen) atoms. The molecule has 5 aliphatic rings. The second-order valence-corrected chi connectivity index (χ2v) is 14.6. The second-order valence-electron chi connectivity index (χ2n) is 14.6. The lowest BCUT2D eigenvalue weighted by Gasteiger charge is -2.72. The standard InChI is InChI=1S/C31H50O4/c1-19(2)20-10-15-31(26(34)35-7)17-16-29(5)21(25(20)31)8-9-23-27(3)13-12-24(33)28(4,18-32)22(27)11-14-30(23,29)6/h20-25,32-33H,1,8-18H2,2-7H3/t20?,21?,22?,23?,24-,25?,27-,28-,29+,30+,31-/m0/s1. The Balaban J connectivity index is 1.56. The van der Waals surface area contributed by atoms with Crippen molar-refractivity contribution in [2.45, 2.75) is 105 Å². The van der Waals surface area contributed by atoms with Crippen LogP contribution in [0.3, 0.4) is 0 Å². The summed E-state index contributed by atoms with van der Waals surface area (Å²) in [6.45, 7) is 16.4. The highest BCUT2D eigenvalue weighted by molar-refractivity contribution is 5.78. The fraction of sp³-hybridized carbons (Fsp3) is 0.903. The minimum atomic E-state index is -0.410. The molecule has 0 aromatic rings. The molecule has 0 aliphatic heterocycles. The van der Waals surface area contributed by atoms with Crippen molar-refractivity contribution >= 4 is 5.97 Å². The van der Waals surface area contributed by atoms with E-state index in [0.29, 0.717) is 29.6 Å². The van der Waals surface area contributed by atoms with E-state index in [1.54, 1.807) is 7.11 Å². The van der Waals surface area contributed by atoms with Gasteiger partial charge in [0.25, 0.3) is 0 Å². The molecule has 0 radical (unpaired) electrons. The number of fused-ring (bicyclic) bond motifs is 7. The lowest BCUT2D eigenvalue weighted by Crippen LogP contribution is -2.67. The molecule has 0 amide bonds. The number of rotatable bonds is 3. The Hall–Kier alpha value is -0.870. The Bertz CT molecular complexity index is 898. The van der Waals surface area contributed by atoms with E-state index in [0.717, 1.165) is 51.4 Å². The van der Waals surface area contributed by atoms with Gasteiger partial charge in [0.15, 0.2) is 0 Å². The number of aliphatic hydroxyl groups is 2. The molecule has 0 aromatic heterocycles. The van der Waals surface area contributed by atoms with Gasteiger partial charge in [-0.25, -0.2) is 0 Å². The zero-order valence-corrected chi connectivity index (χ0v) is 23.2. The number of carbonyl (C=O) groups excluding carboxylic acids is 1. The third-order valence-corrected chi connectivity index (χ3v) is 13.8. The molecular weight excluding hydrogens is 436 g/mol. The van der Waals surface area contributed by atoms with Crippen LogP contribution in [0.2, 0.25) is 0 Å². The van der Waals surface area contributed by atoms with Gasteiger partial charge >= 0.3 is 5.97 Å². The van der Waals surface area contributed by atoms with Gasteiger partial charge in [0, 0.05) is 5.41 Å². The van der Waals surface area contributed by atoms with E-state index in [1.165, 1.54) is 18.4 Å². The van der Waals surface area contributed by atoms with E-state index >= 15 is 0 Å². The maximum absolute atomic E-state index is 13.4. The molecular formula is C31H50O4. The summed E-state index contributed by atoms with van der Waals surface area (Å²) in [6, 6.07) is 0. The molecule has 5 fully saturated rings.